The van der Waals surface area contributed by atoms with Crippen LogP contribution in [-0.2, 0) is 6.54 Å². The zero-order valence-electron chi connectivity index (χ0n) is 9.86. The molecule has 0 aliphatic rings. The van der Waals surface area contributed by atoms with Gasteiger partial charge in [0.2, 0.25) is 0 Å². The van der Waals surface area contributed by atoms with Gasteiger partial charge in [0, 0.05) is 18.2 Å². The summed E-state index contributed by atoms with van der Waals surface area (Å²) < 4.78 is 31.6. The van der Waals surface area contributed by atoms with E-state index >= 15 is 0 Å². The van der Waals surface area contributed by atoms with E-state index in [1.807, 2.05) is 18.2 Å². The lowest BCUT2D eigenvalue weighted by atomic mass is 10.2. The number of rotatable bonds is 3. The van der Waals surface area contributed by atoms with Crippen molar-refractivity contribution in [2.45, 2.75) is 6.54 Å². The maximum Gasteiger partial charge on any atom is 0.295 e. The third kappa shape index (κ3) is 2.40. The summed E-state index contributed by atoms with van der Waals surface area (Å²) in [6, 6.07) is 11.1. The summed E-state index contributed by atoms with van der Waals surface area (Å²) in [6.45, 7) is 0.179. The molecule has 0 aliphatic carbocycles. The van der Waals surface area contributed by atoms with E-state index in [2.05, 4.69) is 10.3 Å². The molecule has 0 spiro atoms. The fourth-order valence-corrected chi connectivity index (χ4v) is 1.78. The molecular weight excluding hydrogens is 250 g/mol. The van der Waals surface area contributed by atoms with Crippen molar-refractivity contribution in [3.05, 3.63) is 59.7 Å². The van der Waals surface area contributed by atoms with Gasteiger partial charge in [-0.1, -0.05) is 18.2 Å². The minimum Gasteiger partial charge on any atom is -0.424 e. The van der Waals surface area contributed by atoms with Crippen LogP contribution in [-0.4, -0.2) is 4.98 Å². The first-order valence-electron chi connectivity index (χ1n) is 5.76. The van der Waals surface area contributed by atoms with Gasteiger partial charge in [-0.05, 0) is 18.2 Å². The van der Waals surface area contributed by atoms with Crippen LogP contribution in [0.3, 0.4) is 0 Å². The van der Waals surface area contributed by atoms with Gasteiger partial charge in [0.1, 0.15) is 17.2 Å². The lowest BCUT2D eigenvalue weighted by molar-refractivity contribution is 0.571. The Bertz CT molecular complexity index is 691. The van der Waals surface area contributed by atoms with Crippen molar-refractivity contribution in [1.82, 2.24) is 4.98 Å². The van der Waals surface area contributed by atoms with Crippen molar-refractivity contribution in [1.29, 1.82) is 0 Å². The molecule has 1 aromatic heterocycles. The van der Waals surface area contributed by atoms with Crippen LogP contribution in [0, 0.1) is 11.6 Å². The monoisotopic (exact) mass is 260 g/mol. The molecule has 96 valence electrons. The second-order valence-corrected chi connectivity index (χ2v) is 4.08. The lowest BCUT2D eigenvalue weighted by Crippen LogP contribution is -2.02. The van der Waals surface area contributed by atoms with Crippen LogP contribution in [0.25, 0.3) is 11.1 Å². The van der Waals surface area contributed by atoms with Gasteiger partial charge in [-0.25, -0.2) is 8.78 Å². The highest BCUT2D eigenvalue weighted by Gasteiger charge is 2.07. The summed E-state index contributed by atoms with van der Waals surface area (Å²) in [5.41, 5.74) is 1.73. The fourth-order valence-electron chi connectivity index (χ4n) is 1.78. The number of hydrogen-bond acceptors (Lipinski definition) is 3. The summed E-state index contributed by atoms with van der Waals surface area (Å²) in [6.07, 6.45) is 0. The Balaban J connectivity index is 1.78. The highest BCUT2D eigenvalue weighted by Crippen LogP contribution is 2.19. The molecule has 0 radical (unpaired) electrons. The van der Waals surface area contributed by atoms with Gasteiger partial charge < -0.3 is 9.73 Å². The highest BCUT2D eigenvalue weighted by atomic mass is 19.1. The zero-order valence-corrected chi connectivity index (χ0v) is 9.86. The van der Waals surface area contributed by atoms with E-state index in [4.69, 9.17) is 4.42 Å². The van der Waals surface area contributed by atoms with Crippen LogP contribution in [0.4, 0.5) is 14.8 Å². The van der Waals surface area contributed by atoms with Crippen LogP contribution in [0.15, 0.2) is 46.9 Å². The molecule has 0 saturated carbocycles. The van der Waals surface area contributed by atoms with Gasteiger partial charge in [0.15, 0.2) is 5.58 Å². The van der Waals surface area contributed by atoms with Crippen molar-refractivity contribution in [3.8, 4) is 0 Å². The number of hydrogen-bond donors (Lipinski definition) is 1. The quantitative estimate of drug-likeness (QED) is 0.780. The first-order valence-corrected chi connectivity index (χ1v) is 5.76. The van der Waals surface area contributed by atoms with Crippen LogP contribution < -0.4 is 5.32 Å². The van der Waals surface area contributed by atoms with Gasteiger partial charge in [-0.3, -0.25) is 0 Å². The number of nitrogens with one attached hydrogen (secondary N) is 1. The zero-order chi connectivity index (χ0) is 13.2. The number of anilines is 1. The Morgan fingerprint density at radius 3 is 2.74 bits per heavy atom. The summed E-state index contributed by atoms with van der Waals surface area (Å²) >= 11 is 0. The molecule has 0 unspecified atom stereocenters. The second kappa shape index (κ2) is 4.68. The van der Waals surface area contributed by atoms with Crippen molar-refractivity contribution in [3.63, 3.8) is 0 Å². The molecule has 3 aromatic rings. The van der Waals surface area contributed by atoms with Gasteiger partial charge >= 0.3 is 0 Å². The number of nitrogens with zero attached hydrogens (tertiary/aromatic N) is 1. The van der Waals surface area contributed by atoms with E-state index in [0.29, 0.717) is 17.2 Å². The Kier molecular flexibility index (Phi) is 2.87. The van der Waals surface area contributed by atoms with Gasteiger partial charge in [-0.2, -0.15) is 4.98 Å². The average Bonchev–Trinajstić information content (AvgIpc) is 2.80. The Labute approximate surface area is 107 Å². The number of fused-ring (bicyclic) bond motifs is 1. The molecule has 19 heavy (non-hydrogen) atoms. The topological polar surface area (TPSA) is 38.1 Å². The van der Waals surface area contributed by atoms with Crippen molar-refractivity contribution >= 4 is 17.1 Å². The maximum atomic E-state index is 13.4. The predicted octanol–water partition coefficient (Wildman–Crippen LogP) is 3.72. The summed E-state index contributed by atoms with van der Waals surface area (Å²) in [5, 5.41) is 2.87. The SMILES string of the molecule is Fc1ccc(CNc2nc3ccccc3o2)c(F)c1. The van der Waals surface area contributed by atoms with E-state index in [1.165, 1.54) is 12.1 Å². The lowest BCUT2D eigenvalue weighted by Gasteiger charge is -2.03. The molecule has 0 amide bonds. The van der Waals surface area contributed by atoms with Crippen molar-refractivity contribution in [2.24, 2.45) is 0 Å². The standard InChI is InChI=1S/C14H10F2N2O/c15-10-6-5-9(11(16)7-10)8-17-14-18-12-3-1-2-4-13(12)19-14/h1-7H,8H2,(H,17,18). The number of para-hydroxylation sites is 2. The van der Waals surface area contributed by atoms with E-state index < -0.39 is 11.6 Å². The highest BCUT2D eigenvalue weighted by molar-refractivity contribution is 5.74. The van der Waals surface area contributed by atoms with Gasteiger partial charge in [0.25, 0.3) is 6.01 Å². The summed E-state index contributed by atoms with van der Waals surface area (Å²) in [7, 11) is 0. The molecule has 0 fully saturated rings. The number of halogens is 2. The molecule has 0 aliphatic heterocycles. The third-order valence-electron chi connectivity index (χ3n) is 2.74. The van der Waals surface area contributed by atoms with Crippen LogP contribution >= 0.6 is 0 Å². The maximum absolute atomic E-state index is 13.4. The minimum atomic E-state index is -0.594. The van der Waals surface area contributed by atoms with Crippen LogP contribution in [0.2, 0.25) is 0 Å². The first kappa shape index (κ1) is 11.6. The Morgan fingerprint density at radius 1 is 1.11 bits per heavy atom. The fraction of sp³-hybridized carbons (Fsp3) is 0.0714. The summed E-state index contributed by atoms with van der Waals surface area (Å²) in [5.74, 6) is -1.19. The smallest absolute Gasteiger partial charge is 0.295 e. The molecular formula is C14H10F2N2O. The van der Waals surface area contributed by atoms with Crippen LogP contribution in [0.1, 0.15) is 5.56 Å². The average molecular weight is 260 g/mol. The number of aromatic nitrogens is 1. The molecule has 2 aromatic carbocycles. The van der Waals surface area contributed by atoms with Gasteiger partial charge in [-0.15, -0.1) is 0 Å². The molecule has 5 heteroatoms. The summed E-state index contributed by atoms with van der Waals surface area (Å²) in [4.78, 5) is 4.20. The second-order valence-electron chi connectivity index (χ2n) is 4.08. The van der Waals surface area contributed by atoms with E-state index in [-0.39, 0.29) is 6.54 Å². The molecule has 3 nitrogen and oxygen atoms in total. The Morgan fingerprint density at radius 2 is 1.95 bits per heavy atom. The molecule has 0 atom stereocenters. The van der Waals surface area contributed by atoms with E-state index in [9.17, 15) is 8.78 Å². The normalized spacial score (nSPS) is 10.8. The molecule has 0 bridgehead atoms. The predicted molar refractivity (Wildman–Crippen MR) is 67.7 cm³/mol. The molecule has 1 heterocycles. The van der Waals surface area contributed by atoms with Crippen LogP contribution in [0.5, 0.6) is 0 Å². The third-order valence-corrected chi connectivity index (χ3v) is 2.74. The minimum absolute atomic E-state index is 0.179. The molecule has 0 saturated heterocycles. The molecule has 3 rings (SSSR count). The molecule has 1 N–H and O–H groups in total. The Hall–Kier alpha value is -2.43. The number of oxazole rings is 1. The van der Waals surface area contributed by atoms with E-state index in [0.717, 1.165) is 11.6 Å². The van der Waals surface area contributed by atoms with E-state index in [1.54, 1.807) is 6.07 Å². The first-order chi connectivity index (χ1) is 9.22. The van der Waals surface area contributed by atoms with Crippen molar-refractivity contribution < 1.29 is 13.2 Å². The largest absolute Gasteiger partial charge is 0.424 e. The van der Waals surface area contributed by atoms with Gasteiger partial charge in [0.05, 0.1) is 0 Å². The van der Waals surface area contributed by atoms with Crippen molar-refractivity contribution in [2.75, 3.05) is 5.32 Å². The number of benzene rings is 2.